The van der Waals surface area contributed by atoms with E-state index in [0.29, 0.717) is 10.7 Å². The third-order valence-corrected chi connectivity index (χ3v) is 4.69. The molecule has 1 N–H and O–H groups in total. The zero-order chi connectivity index (χ0) is 14.8. The largest absolute Gasteiger partial charge is 0.273 e. The van der Waals surface area contributed by atoms with Gasteiger partial charge in [0.1, 0.15) is 0 Å². The molecule has 1 atom stereocenters. The summed E-state index contributed by atoms with van der Waals surface area (Å²) in [4.78, 5) is 0.184. The molecule has 1 aromatic heterocycles. The maximum atomic E-state index is 12.2. The van der Waals surface area contributed by atoms with E-state index in [1.807, 2.05) is 13.1 Å². The third-order valence-electron chi connectivity index (χ3n) is 2.88. The molecule has 0 saturated carbocycles. The Morgan fingerprint density at radius 3 is 2.50 bits per heavy atom. The van der Waals surface area contributed by atoms with Crippen LogP contribution in [0.5, 0.6) is 0 Å². The first-order chi connectivity index (χ1) is 9.42. The molecule has 0 aliphatic heterocycles. The molecule has 5 nitrogen and oxygen atoms in total. The van der Waals surface area contributed by atoms with Gasteiger partial charge in [-0.1, -0.05) is 11.6 Å². The quantitative estimate of drug-likeness (QED) is 0.922. The predicted molar refractivity (Wildman–Crippen MR) is 78.1 cm³/mol. The summed E-state index contributed by atoms with van der Waals surface area (Å²) in [6, 6.07) is 7.45. The van der Waals surface area contributed by atoms with Gasteiger partial charge in [-0.15, -0.1) is 0 Å². The summed E-state index contributed by atoms with van der Waals surface area (Å²) in [6.45, 7) is 4.48. The van der Waals surface area contributed by atoms with Gasteiger partial charge in [0.05, 0.1) is 16.6 Å². The third kappa shape index (κ3) is 3.39. The van der Waals surface area contributed by atoms with Crippen molar-refractivity contribution in [3.63, 3.8) is 0 Å². The first kappa shape index (κ1) is 15.0. The van der Waals surface area contributed by atoms with Crippen LogP contribution >= 0.6 is 11.6 Å². The lowest BCUT2D eigenvalue weighted by atomic mass is 10.3. The first-order valence-electron chi connectivity index (χ1n) is 6.23. The van der Waals surface area contributed by atoms with E-state index in [1.165, 1.54) is 12.1 Å². The second-order valence-electron chi connectivity index (χ2n) is 4.39. The molecule has 2 aromatic rings. The second kappa shape index (κ2) is 5.95. The molecule has 108 valence electrons. The summed E-state index contributed by atoms with van der Waals surface area (Å²) in [7, 11) is -3.58. The molecule has 0 amide bonds. The number of hydrogen-bond donors (Lipinski definition) is 1. The minimum absolute atomic E-state index is 0.184. The van der Waals surface area contributed by atoms with Crippen LogP contribution in [0.15, 0.2) is 41.4 Å². The minimum Gasteiger partial charge on any atom is -0.273 e. The van der Waals surface area contributed by atoms with Crippen molar-refractivity contribution < 1.29 is 8.42 Å². The van der Waals surface area contributed by atoms with Crippen LogP contribution in [-0.4, -0.2) is 18.2 Å². The van der Waals surface area contributed by atoms with Crippen molar-refractivity contribution >= 4 is 21.6 Å². The Bertz CT molecular complexity index is 680. The highest BCUT2D eigenvalue weighted by atomic mass is 35.5. The maximum absolute atomic E-state index is 12.2. The van der Waals surface area contributed by atoms with Crippen molar-refractivity contribution in [1.82, 2.24) is 14.5 Å². The van der Waals surface area contributed by atoms with Crippen LogP contribution in [0.25, 0.3) is 0 Å². The zero-order valence-electron chi connectivity index (χ0n) is 11.2. The van der Waals surface area contributed by atoms with E-state index in [2.05, 4.69) is 9.82 Å². The number of sulfonamides is 1. The smallest absolute Gasteiger partial charge is 0.241 e. The lowest BCUT2D eigenvalue weighted by Gasteiger charge is -2.12. The second-order valence-corrected chi connectivity index (χ2v) is 6.54. The summed E-state index contributed by atoms with van der Waals surface area (Å²) < 4.78 is 28.8. The van der Waals surface area contributed by atoms with Gasteiger partial charge < -0.3 is 0 Å². The number of nitrogens with zero attached hydrogens (tertiary/aromatic N) is 2. The van der Waals surface area contributed by atoms with Crippen molar-refractivity contribution in [2.24, 2.45) is 0 Å². The summed E-state index contributed by atoms with van der Waals surface area (Å²) in [5.74, 6) is 0. The molecule has 20 heavy (non-hydrogen) atoms. The van der Waals surface area contributed by atoms with Crippen LogP contribution in [0.3, 0.4) is 0 Å². The molecule has 0 spiro atoms. The molecule has 0 unspecified atom stereocenters. The number of aromatic nitrogens is 2. The van der Waals surface area contributed by atoms with Gasteiger partial charge >= 0.3 is 0 Å². The van der Waals surface area contributed by atoms with Crippen molar-refractivity contribution in [3.05, 3.63) is 47.2 Å². The van der Waals surface area contributed by atoms with Crippen molar-refractivity contribution in [2.75, 3.05) is 0 Å². The van der Waals surface area contributed by atoms with Gasteiger partial charge in [0.2, 0.25) is 10.0 Å². The van der Waals surface area contributed by atoms with Crippen molar-refractivity contribution in [2.45, 2.75) is 31.3 Å². The monoisotopic (exact) mass is 313 g/mol. The molecule has 0 radical (unpaired) electrons. The molecule has 0 aliphatic rings. The van der Waals surface area contributed by atoms with Gasteiger partial charge in [-0.05, 0) is 44.2 Å². The van der Waals surface area contributed by atoms with Gasteiger partial charge in [0.15, 0.2) is 0 Å². The van der Waals surface area contributed by atoms with Crippen LogP contribution in [0.2, 0.25) is 5.02 Å². The zero-order valence-corrected chi connectivity index (χ0v) is 12.8. The SMILES string of the molecule is CCn1ccc([C@H](C)NS(=O)(=O)c2ccc(Cl)cc2)n1. The number of rotatable bonds is 5. The Morgan fingerprint density at radius 1 is 1.30 bits per heavy atom. The molecule has 2 rings (SSSR count). The van der Waals surface area contributed by atoms with Gasteiger partial charge in [-0.25, -0.2) is 13.1 Å². The number of aryl methyl sites for hydroxylation is 1. The molecule has 1 heterocycles. The predicted octanol–water partition coefficient (Wildman–Crippen LogP) is 2.60. The number of halogens is 1. The summed E-state index contributed by atoms with van der Waals surface area (Å²) in [5, 5.41) is 4.79. The topological polar surface area (TPSA) is 64.0 Å². The van der Waals surface area contributed by atoms with Gasteiger partial charge in [0.25, 0.3) is 0 Å². The Labute approximate surface area is 123 Å². The minimum atomic E-state index is -3.58. The lowest BCUT2D eigenvalue weighted by Crippen LogP contribution is -2.27. The first-order valence-corrected chi connectivity index (χ1v) is 8.09. The molecule has 7 heteroatoms. The Kier molecular flexibility index (Phi) is 4.47. The van der Waals surface area contributed by atoms with Gasteiger partial charge in [-0.2, -0.15) is 5.10 Å². The summed E-state index contributed by atoms with van der Waals surface area (Å²) in [6.07, 6.45) is 1.82. The van der Waals surface area contributed by atoms with Crippen LogP contribution in [-0.2, 0) is 16.6 Å². The fourth-order valence-corrected chi connectivity index (χ4v) is 3.10. The Morgan fingerprint density at radius 2 is 1.95 bits per heavy atom. The molecule has 0 aliphatic carbocycles. The van der Waals surface area contributed by atoms with E-state index in [-0.39, 0.29) is 4.90 Å². The fraction of sp³-hybridized carbons (Fsp3) is 0.308. The normalized spacial score (nSPS) is 13.3. The number of benzene rings is 1. The van der Waals surface area contributed by atoms with Crippen LogP contribution in [0.1, 0.15) is 25.6 Å². The average Bonchev–Trinajstić information content (AvgIpc) is 2.87. The van der Waals surface area contributed by atoms with Crippen molar-refractivity contribution in [1.29, 1.82) is 0 Å². The highest BCUT2D eigenvalue weighted by Gasteiger charge is 2.19. The maximum Gasteiger partial charge on any atom is 0.241 e. The number of nitrogens with one attached hydrogen (secondary N) is 1. The standard InChI is InChI=1S/C13H16ClN3O2S/c1-3-17-9-8-13(15-17)10(2)16-20(18,19)12-6-4-11(14)5-7-12/h4-10,16H,3H2,1-2H3/t10-/m0/s1. The van der Waals surface area contributed by atoms with E-state index in [4.69, 9.17) is 11.6 Å². The van der Waals surface area contributed by atoms with Gasteiger partial charge in [0, 0.05) is 17.8 Å². The van der Waals surface area contributed by atoms with E-state index < -0.39 is 16.1 Å². The molecule has 0 saturated heterocycles. The van der Waals surface area contributed by atoms with E-state index in [9.17, 15) is 8.42 Å². The number of hydrogen-bond acceptors (Lipinski definition) is 3. The van der Waals surface area contributed by atoms with E-state index in [1.54, 1.807) is 29.8 Å². The summed E-state index contributed by atoms with van der Waals surface area (Å²) >= 11 is 5.75. The van der Waals surface area contributed by atoms with Gasteiger partial charge in [-0.3, -0.25) is 4.68 Å². The summed E-state index contributed by atoms with van der Waals surface area (Å²) in [5.41, 5.74) is 0.685. The Balaban J connectivity index is 2.17. The lowest BCUT2D eigenvalue weighted by molar-refractivity contribution is 0.557. The molecular weight excluding hydrogens is 298 g/mol. The molecule has 0 bridgehead atoms. The fourth-order valence-electron chi connectivity index (χ4n) is 1.76. The molecular formula is C13H16ClN3O2S. The molecule has 1 aromatic carbocycles. The van der Waals surface area contributed by atoms with E-state index in [0.717, 1.165) is 6.54 Å². The highest BCUT2D eigenvalue weighted by Crippen LogP contribution is 2.17. The van der Waals surface area contributed by atoms with Crippen LogP contribution in [0.4, 0.5) is 0 Å². The Hall–Kier alpha value is -1.37. The van der Waals surface area contributed by atoms with Crippen LogP contribution in [0, 0.1) is 0 Å². The molecule has 0 fully saturated rings. The van der Waals surface area contributed by atoms with Crippen LogP contribution < -0.4 is 4.72 Å². The van der Waals surface area contributed by atoms with Crippen molar-refractivity contribution in [3.8, 4) is 0 Å². The highest BCUT2D eigenvalue weighted by molar-refractivity contribution is 7.89. The average molecular weight is 314 g/mol. The van der Waals surface area contributed by atoms with E-state index >= 15 is 0 Å².